The predicted molar refractivity (Wildman–Crippen MR) is 43.6 cm³/mol. The van der Waals surface area contributed by atoms with Crippen LogP contribution in [0.25, 0.3) is 0 Å². The summed E-state index contributed by atoms with van der Waals surface area (Å²) < 4.78 is 4.60. The maximum Gasteiger partial charge on any atom is 0.108 e. The molecule has 0 heterocycles. The molecule has 0 fully saturated rings. The van der Waals surface area contributed by atoms with E-state index in [9.17, 15) is 5.11 Å². The van der Waals surface area contributed by atoms with Crippen molar-refractivity contribution in [3.8, 4) is 0 Å². The normalized spacial score (nSPS) is 18.8. The van der Waals surface area contributed by atoms with Crippen LogP contribution >= 0.6 is 0 Å². The molecule has 0 saturated heterocycles. The van der Waals surface area contributed by atoms with E-state index in [0.29, 0.717) is 0 Å². The molecular formula is C7H17NO4. The summed E-state index contributed by atoms with van der Waals surface area (Å²) in [6, 6.07) is 0. The molecule has 3 atom stereocenters. The summed E-state index contributed by atoms with van der Waals surface area (Å²) in [5, 5.41) is 27.5. The Labute approximate surface area is 71.8 Å². The van der Waals surface area contributed by atoms with Crippen molar-refractivity contribution in [1.29, 1.82) is 0 Å². The highest BCUT2D eigenvalue weighted by Gasteiger charge is 2.23. The molecule has 12 heavy (non-hydrogen) atoms. The zero-order chi connectivity index (χ0) is 9.56. The third kappa shape index (κ3) is 3.99. The fourth-order valence-corrected chi connectivity index (χ4v) is 0.867. The number of ether oxygens (including phenoxy) is 1. The summed E-state index contributed by atoms with van der Waals surface area (Å²) >= 11 is 0. The number of hydrogen-bond acceptors (Lipinski definition) is 5. The summed E-state index contributed by atoms with van der Waals surface area (Å²) in [5.74, 6) is 0. The SMILES string of the molecule is COC[C@@H](O)[C@@H](O)[C@H](O)CCN. The van der Waals surface area contributed by atoms with Gasteiger partial charge in [0.2, 0.25) is 0 Å². The Morgan fingerprint density at radius 1 is 1.25 bits per heavy atom. The Bertz CT molecular complexity index is 99.6. The van der Waals surface area contributed by atoms with E-state index in [-0.39, 0.29) is 19.6 Å². The van der Waals surface area contributed by atoms with E-state index < -0.39 is 18.3 Å². The van der Waals surface area contributed by atoms with Crippen LogP contribution in [0, 0.1) is 0 Å². The highest BCUT2D eigenvalue weighted by molar-refractivity contribution is 4.74. The lowest BCUT2D eigenvalue weighted by Gasteiger charge is -2.21. The van der Waals surface area contributed by atoms with Crippen molar-refractivity contribution in [3.05, 3.63) is 0 Å². The Kier molecular flexibility index (Phi) is 6.23. The summed E-state index contributed by atoms with van der Waals surface area (Å²) in [7, 11) is 1.41. The van der Waals surface area contributed by atoms with Gasteiger partial charge in [-0.15, -0.1) is 0 Å². The first kappa shape index (κ1) is 11.8. The number of hydrogen-bond donors (Lipinski definition) is 4. The van der Waals surface area contributed by atoms with Gasteiger partial charge >= 0.3 is 0 Å². The molecule has 0 aromatic heterocycles. The molecule has 5 heteroatoms. The third-order valence-corrected chi connectivity index (χ3v) is 1.59. The highest BCUT2D eigenvalue weighted by Crippen LogP contribution is 2.03. The fraction of sp³-hybridized carbons (Fsp3) is 1.00. The maximum atomic E-state index is 9.21. The van der Waals surface area contributed by atoms with Gasteiger partial charge in [-0.2, -0.15) is 0 Å². The minimum absolute atomic E-state index is 0.00278. The average Bonchev–Trinajstić information content (AvgIpc) is 2.04. The fourth-order valence-electron chi connectivity index (χ4n) is 0.867. The first-order valence-corrected chi connectivity index (χ1v) is 3.86. The van der Waals surface area contributed by atoms with E-state index in [1.165, 1.54) is 7.11 Å². The molecule has 0 unspecified atom stereocenters. The molecular weight excluding hydrogens is 162 g/mol. The van der Waals surface area contributed by atoms with Crippen LogP contribution < -0.4 is 5.73 Å². The highest BCUT2D eigenvalue weighted by atomic mass is 16.5. The Balaban J connectivity index is 3.73. The first-order chi connectivity index (χ1) is 5.63. The van der Waals surface area contributed by atoms with E-state index in [0.717, 1.165) is 0 Å². The molecule has 0 amide bonds. The number of aliphatic hydroxyl groups excluding tert-OH is 3. The lowest BCUT2D eigenvalue weighted by Crippen LogP contribution is -2.40. The van der Waals surface area contributed by atoms with Gasteiger partial charge in [0.1, 0.15) is 12.2 Å². The lowest BCUT2D eigenvalue weighted by atomic mass is 10.1. The van der Waals surface area contributed by atoms with Gasteiger partial charge in [0.15, 0.2) is 0 Å². The van der Waals surface area contributed by atoms with Gasteiger partial charge in [-0.1, -0.05) is 0 Å². The smallest absolute Gasteiger partial charge is 0.108 e. The predicted octanol–water partition coefficient (Wildman–Crippen LogP) is -1.94. The largest absolute Gasteiger partial charge is 0.390 e. The molecule has 0 spiro atoms. The molecule has 0 aliphatic carbocycles. The number of methoxy groups -OCH3 is 1. The third-order valence-electron chi connectivity index (χ3n) is 1.59. The standard InChI is InChI=1S/C7H17NO4/c1-12-4-6(10)7(11)5(9)2-3-8/h5-7,9-11H,2-4,8H2,1H3/t5-,6-,7+/m1/s1. The van der Waals surface area contributed by atoms with E-state index in [1.807, 2.05) is 0 Å². The van der Waals surface area contributed by atoms with Crippen LogP contribution in [0.4, 0.5) is 0 Å². The van der Waals surface area contributed by atoms with Gasteiger partial charge in [-0.3, -0.25) is 0 Å². The molecule has 0 saturated carbocycles. The van der Waals surface area contributed by atoms with Gasteiger partial charge in [0.05, 0.1) is 12.7 Å². The summed E-state index contributed by atoms with van der Waals surface area (Å²) in [6.45, 7) is 0.278. The maximum absolute atomic E-state index is 9.21. The van der Waals surface area contributed by atoms with E-state index >= 15 is 0 Å². The average molecular weight is 179 g/mol. The zero-order valence-corrected chi connectivity index (χ0v) is 7.18. The lowest BCUT2D eigenvalue weighted by molar-refractivity contribution is -0.0831. The van der Waals surface area contributed by atoms with Crippen molar-refractivity contribution in [3.63, 3.8) is 0 Å². The van der Waals surface area contributed by atoms with Gasteiger partial charge in [-0.05, 0) is 13.0 Å². The van der Waals surface area contributed by atoms with Gasteiger partial charge in [-0.25, -0.2) is 0 Å². The molecule has 0 rings (SSSR count). The van der Waals surface area contributed by atoms with Crippen molar-refractivity contribution in [2.24, 2.45) is 5.73 Å². The van der Waals surface area contributed by atoms with E-state index in [2.05, 4.69) is 4.74 Å². The second kappa shape index (κ2) is 6.33. The van der Waals surface area contributed by atoms with E-state index in [1.54, 1.807) is 0 Å². The van der Waals surface area contributed by atoms with Crippen LogP contribution in [0.3, 0.4) is 0 Å². The van der Waals surface area contributed by atoms with Crippen LogP contribution in [0.2, 0.25) is 0 Å². The summed E-state index contributed by atoms with van der Waals surface area (Å²) in [6.07, 6.45) is -2.97. The van der Waals surface area contributed by atoms with Crippen molar-refractivity contribution in [2.45, 2.75) is 24.7 Å². The van der Waals surface area contributed by atoms with Crippen molar-refractivity contribution < 1.29 is 20.1 Å². The monoisotopic (exact) mass is 179 g/mol. The number of aliphatic hydroxyl groups is 3. The van der Waals surface area contributed by atoms with Gasteiger partial charge in [0, 0.05) is 7.11 Å². The van der Waals surface area contributed by atoms with Crippen LogP contribution in [-0.4, -0.2) is 53.9 Å². The molecule has 0 aliphatic rings. The molecule has 5 N–H and O–H groups in total. The Morgan fingerprint density at radius 2 is 1.83 bits per heavy atom. The molecule has 0 bridgehead atoms. The molecule has 0 radical (unpaired) electrons. The second-order valence-corrected chi connectivity index (χ2v) is 2.66. The first-order valence-electron chi connectivity index (χ1n) is 3.86. The molecule has 0 aromatic rings. The Morgan fingerprint density at radius 3 is 2.25 bits per heavy atom. The zero-order valence-electron chi connectivity index (χ0n) is 7.18. The van der Waals surface area contributed by atoms with Crippen molar-refractivity contribution >= 4 is 0 Å². The van der Waals surface area contributed by atoms with Crippen molar-refractivity contribution in [2.75, 3.05) is 20.3 Å². The molecule has 5 nitrogen and oxygen atoms in total. The summed E-state index contributed by atoms with van der Waals surface area (Å²) in [5.41, 5.74) is 5.16. The van der Waals surface area contributed by atoms with Gasteiger partial charge in [0.25, 0.3) is 0 Å². The topological polar surface area (TPSA) is 95.9 Å². The van der Waals surface area contributed by atoms with Crippen LogP contribution in [0.5, 0.6) is 0 Å². The minimum atomic E-state index is -1.19. The quantitative estimate of drug-likeness (QED) is 0.380. The van der Waals surface area contributed by atoms with Crippen molar-refractivity contribution in [1.82, 2.24) is 0 Å². The number of rotatable bonds is 6. The second-order valence-electron chi connectivity index (χ2n) is 2.66. The Hall–Kier alpha value is -0.200. The van der Waals surface area contributed by atoms with Crippen LogP contribution in [0.1, 0.15) is 6.42 Å². The molecule has 0 aromatic carbocycles. The van der Waals surface area contributed by atoms with Gasteiger partial charge < -0.3 is 25.8 Å². The van der Waals surface area contributed by atoms with Crippen LogP contribution in [-0.2, 0) is 4.74 Å². The summed E-state index contributed by atoms with van der Waals surface area (Å²) in [4.78, 5) is 0. The van der Waals surface area contributed by atoms with E-state index in [4.69, 9.17) is 15.9 Å². The van der Waals surface area contributed by atoms with Crippen LogP contribution in [0.15, 0.2) is 0 Å². The number of nitrogens with two attached hydrogens (primary N) is 1. The molecule has 0 aliphatic heterocycles. The molecule has 74 valence electrons. The minimum Gasteiger partial charge on any atom is -0.390 e.